The summed E-state index contributed by atoms with van der Waals surface area (Å²) in [7, 11) is 0. The van der Waals surface area contributed by atoms with Crippen LogP contribution in [0.15, 0.2) is 48.5 Å². The number of ether oxygens (including phenoxy) is 3. The number of hydrogen-bond donors (Lipinski definition) is 0. The zero-order chi connectivity index (χ0) is 24.0. The molecule has 3 nitrogen and oxygen atoms in total. The Labute approximate surface area is 190 Å². The minimum atomic E-state index is -1.03. The van der Waals surface area contributed by atoms with Gasteiger partial charge in [-0.15, -0.1) is 0 Å². The van der Waals surface area contributed by atoms with E-state index in [9.17, 15) is 4.39 Å². The third kappa shape index (κ3) is 5.41. The molecule has 0 N–H and O–H groups in total. The van der Waals surface area contributed by atoms with E-state index < -0.39 is 29.7 Å². The molecule has 0 bridgehead atoms. The van der Waals surface area contributed by atoms with Crippen molar-refractivity contribution in [2.45, 2.75) is 33.3 Å². The quantitative estimate of drug-likeness (QED) is 0.295. The standard InChI is InChI=1S/C26H26F4O3/c1-4-13-31-22-15-19(29)23(17-8-5-6-10-20(17)32-14-12-27)26(30)25(22)24-18(28)9-7-11-21(24)33-16(2)3/h5-11,15-16H,4,12-14H2,1-3H3. The first-order chi connectivity index (χ1) is 15.9. The molecular formula is C26H26F4O3. The van der Waals surface area contributed by atoms with Gasteiger partial charge in [0.2, 0.25) is 0 Å². The molecule has 0 spiro atoms. The molecule has 0 aliphatic carbocycles. The molecular weight excluding hydrogens is 436 g/mol. The number of halogens is 4. The van der Waals surface area contributed by atoms with Crippen molar-refractivity contribution in [2.24, 2.45) is 0 Å². The molecule has 33 heavy (non-hydrogen) atoms. The Hall–Kier alpha value is -3.22. The number of rotatable bonds is 10. The first kappa shape index (κ1) is 24.4. The second-order valence-electron chi connectivity index (χ2n) is 7.58. The summed E-state index contributed by atoms with van der Waals surface area (Å²) in [6.07, 6.45) is 0.264. The SMILES string of the molecule is CCCOc1cc(F)c(-c2ccccc2OCCF)c(F)c1-c1c(F)cccc1OC(C)C. The maximum Gasteiger partial charge on any atom is 0.145 e. The van der Waals surface area contributed by atoms with Gasteiger partial charge >= 0.3 is 0 Å². The van der Waals surface area contributed by atoms with Crippen LogP contribution in [0.3, 0.4) is 0 Å². The van der Waals surface area contributed by atoms with Crippen molar-refractivity contribution in [3.8, 4) is 39.5 Å². The highest BCUT2D eigenvalue weighted by atomic mass is 19.1. The highest BCUT2D eigenvalue weighted by Crippen LogP contribution is 2.46. The second kappa shape index (κ2) is 11.1. The van der Waals surface area contributed by atoms with E-state index in [2.05, 4.69) is 0 Å². The lowest BCUT2D eigenvalue weighted by atomic mass is 9.95. The topological polar surface area (TPSA) is 27.7 Å². The molecule has 0 saturated heterocycles. The highest BCUT2D eigenvalue weighted by molar-refractivity contribution is 5.84. The maximum atomic E-state index is 16.1. The Balaban J connectivity index is 2.32. The van der Waals surface area contributed by atoms with Gasteiger partial charge in [0.05, 0.1) is 29.4 Å². The largest absolute Gasteiger partial charge is 0.493 e. The summed E-state index contributed by atoms with van der Waals surface area (Å²) in [5.74, 6) is -2.63. The predicted molar refractivity (Wildman–Crippen MR) is 120 cm³/mol. The van der Waals surface area contributed by atoms with Crippen LogP contribution < -0.4 is 14.2 Å². The Bertz CT molecular complexity index is 1100. The molecule has 0 fully saturated rings. The number of para-hydroxylation sites is 1. The lowest BCUT2D eigenvalue weighted by Gasteiger charge is -2.20. The summed E-state index contributed by atoms with van der Waals surface area (Å²) < 4.78 is 75.8. The predicted octanol–water partition coefficient (Wildman–Crippen LogP) is 7.36. The molecule has 0 amide bonds. The summed E-state index contributed by atoms with van der Waals surface area (Å²) in [6, 6.07) is 11.3. The van der Waals surface area contributed by atoms with Gasteiger partial charge in [-0.05, 0) is 38.5 Å². The molecule has 3 aromatic rings. The molecule has 0 aliphatic rings. The van der Waals surface area contributed by atoms with Gasteiger partial charge in [0.25, 0.3) is 0 Å². The van der Waals surface area contributed by atoms with Gasteiger partial charge in [0.1, 0.15) is 48.0 Å². The van der Waals surface area contributed by atoms with Crippen LogP contribution in [0.5, 0.6) is 17.2 Å². The summed E-state index contributed by atoms with van der Waals surface area (Å²) in [5, 5.41) is 0. The Kier molecular flexibility index (Phi) is 8.20. The van der Waals surface area contributed by atoms with Gasteiger partial charge in [-0.2, -0.15) is 0 Å². The van der Waals surface area contributed by atoms with Crippen LogP contribution in [0, 0.1) is 17.5 Å². The van der Waals surface area contributed by atoms with Crippen LogP contribution in [0.4, 0.5) is 17.6 Å². The summed E-state index contributed by atoms with van der Waals surface area (Å²) >= 11 is 0. The monoisotopic (exact) mass is 462 g/mol. The molecule has 0 aliphatic heterocycles. The van der Waals surface area contributed by atoms with Crippen LogP contribution in [-0.4, -0.2) is 26.0 Å². The number of benzene rings is 3. The summed E-state index contributed by atoms with van der Waals surface area (Å²) in [4.78, 5) is 0. The molecule has 7 heteroatoms. The van der Waals surface area contributed by atoms with E-state index in [1.165, 1.54) is 30.3 Å². The highest BCUT2D eigenvalue weighted by Gasteiger charge is 2.28. The van der Waals surface area contributed by atoms with Crippen molar-refractivity contribution in [1.29, 1.82) is 0 Å². The normalized spacial score (nSPS) is 11.0. The smallest absolute Gasteiger partial charge is 0.145 e. The van der Waals surface area contributed by atoms with Gasteiger partial charge in [0, 0.05) is 11.6 Å². The van der Waals surface area contributed by atoms with Crippen LogP contribution in [0.1, 0.15) is 27.2 Å². The van der Waals surface area contributed by atoms with Crippen LogP contribution in [0.2, 0.25) is 0 Å². The van der Waals surface area contributed by atoms with Gasteiger partial charge in [-0.1, -0.05) is 31.2 Å². The number of hydrogen-bond acceptors (Lipinski definition) is 3. The van der Waals surface area contributed by atoms with Gasteiger partial charge in [0.15, 0.2) is 0 Å². The number of alkyl halides is 1. The Morgan fingerprint density at radius 2 is 1.45 bits per heavy atom. The summed E-state index contributed by atoms with van der Waals surface area (Å²) in [5.41, 5.74) is -0.777. The van der Waals surface area contributed by atoms with Crippen LogP contribution in [0.25, 0.3) is 22.3 Å². The van der Waals surface area contributed by atoms with E-state index in [0.717, 1.165) is 6.07 Å². The first-order valence-electron chi connectivity index (χ1n) is 10.8. The average molecular weight is 462 g/mol. The zero-order valence-electron chi connectivity index (χ0n) is 18.8. The fraction of sp³-hybridized carbons (Fsp3) is 0.308. The molecule has 0 aromatic heterocycles. The van der Waals surface area contributed by atoms with Crippen molar-refractivity contribution in [1.82, 2.24) is 0 Å². The fourth-order valence-corrected chi connectivity index (χ4v) is 3.45. The molecule has 176 valence electrons. The fourth-order valence-electron chi connectivity index (χ4n) is 3.45. The maximum absolute atomic E-state index is 16.1. The van der Waals surface area contributed by atoms with Gasteiger partial charge < -0.3 is 14.2 Å². The van der Waals surface area contributed by atoms with E-state index >= 15 is 13.2 Å². The molecule has 0 unspecified atom stereocenters. The molecule has 0 heterocycles. The van der Waals surface area contributed by atoms with Crippen molar-refractivity contribution in [2.75, 3.05) is 19.9 Å². The molecule has 3 rings (SSSR count). The van der Waals surface area contributed by atoms with Gasteiger partial charge in [-0.3, -0.25) is 0 Å². The zero-order valence-corrected chi connectivity index (χ0v) is 18.8. The van der Waals surface area contributed by atoms with E-state index in [-0.39, 0.29) is 53.3 Å². The van der Waals surface area contributed by atoms with Crippen molar-refractivity contribution in [3.05, 3.63) is 66.0 Å². The summed E-state index contributed by atoms with van der Waals surface area (Å²) in [6.45, 7) is 4.50. The van der Waals surface area contributed by atoms with E-state index in [0.29, 0.717) is 6.42 Å². The molecule has 0 radical (unpaired) electrons. The van der Waals surface area contributed by atoms with Crippen LogP contribution in [-0.2, 0) is 0 Å². The van der Waals surface area contributed by atoms with E-state index in [1.807, 2.05) is 6.92 Å². The van der Waals surface area contributed by atoms with Crippen LogP contribution >= 0.6 is 0 Å². The molecule has 0 saturated carbocycles. The van der Waals surface area contributed by atoms with Gasteiger partial charge in [-0.25, -0.2) is 17.6 Å². The lowest BCUT2D eigenvalue weighted by molar-refractivity contribution is 0.242. The second-order valence-corrected chi connectivity index (χ2v) is 7.58. The van der Waals surface area contributed by atoms with Crippen molar-refractivity contribution >= 4 is 0 Å². The van der Waals surface area contributed by atoms with Crippen molar-refractivity contribution in [3.63, 3.8) is 0 Å². The third-order valence-electron chi connectivity index (χ3n) is 4.72. The minimum Gasteiger partial charge on any atom is -0.493 e. The first-order valence-corrected chi connectivity index (χ1v) is 10.8. The third-order valence-corrected chi connectivity index (χ3v) is 4.72. The molecule has 3 aromatic carbocycles. The van der Waals surface area contributed by atoms with E-state index in [1.54, 1.807) is 26.0 Å². The Morgan fingerprint density at radius 1 is 0.758 bits per heavy atom. The lowest BCUT2D eigenvalue weighted by Crippen LogP contribution is -2.09. The average Bonchev–Trinajstić information content (AvgIpc) is 2.77. The minimum absolute atomic E-state index is 0.0758. The van der Waals surface area contributed by atoms with Crippen molar-refractivity contribution < 1.29 is 31.8 Å². The van der Waals surface area contributed by atoms with E-state index in [4.69, 9.17) is 14.2 Å². The molecule has 0 atom stereocenters. The Morgan fingerprint density at radius 3 is 2.15 bits per heavy atom.